The van der Waals surface area contributed by atoms with Gasteiger partial charge in [-0.15, -0.1) is 0 Å². The van der Waals surface area contributed by atoms with Gasteiger partial charge in [-0.25, -0.2) is 4.79 Å². The number of aliphatic hydroxyl groups is 6. The molecule has 0 bridgehead atoms. The van der Waals surface area contributed by atoms with E-state index in [-0.39, 0.29) is 39.9 Å². The zero-order valence-electron chi connectivity index (χ0n) is 28.2. The highest BCUT2D eigenvalue weighted by Gasteiger charge is 2.49. The molecule has 0 radical (unpaired) electrons. The summed E-state index contributed by atoms with van der Waals surface area (Å²) in [6, 6.07) is 9.98. The molecule has 0 aliphatic carbocycles. The largest absolute Gasteiger partial charge is 0.571 e. The van der Waals surface area contributed by atoms with Gasteiger partial charge in [0, 0.05) is 18.2 Å². The number of hydrogen-bond acceptors (Lipinski definition) is 17. The summed E-state index contributed by atoms with van der Waals surface area (Å²) >= 11 is 0. The van der Waals surface area contributed by atoms with Crippen molar-refractivity contribution >= 4 is 18.1 Å². The number of phenols is 6. The van der Waals surface area contributed by atoms with Crippen LogP contribution in [-0.2, 0) is 28.5 Å². The number of hydrogen-bond donors (Lipinski definition) is 11. The number of esters is 1. The Hall–Kier alpha value is -5.31. The van der Waals surface area contributed by atoms with E-state index in [0.717, 1.165) is 12.1 Å². The van der Waals surface area contributed by atoms with Gasteiger partial charge in [0.05, 0.1) is 24.3 Å². The maximum atomic E-state index is 12.5. The van der Waals surface area contributed by atoms with E-state index in [1.54, 1.807) is 0 Å². The van der Waals surface area contributed by atoms with Crippen molar-refractivity contribution in [1.29, 1.82) is 0 Å². The average Bonchev–Trinajstić information content (AvgIpc) is 3.13. The Labute approximate surface area is 305 Å². The van der Waals surface area contributed by atoms with Crippen molar-refractivity contribution < 1.29 is 89.4 Å². The van der Waals surface area contributed by atoms with E-state index in [4.69, 9.17) is 23.7 Å². The number of aliphatic hydroxyl groups excluding tert-OH is 5. The lowest BCUT2D eigenvalue weighted by molar-refractivity contribution is -0.325. The predicted molar refractivity (Wildman–Crippen MR) is 181 cm³/mol. The maximum absolute atomic E-state index is 12.5. The number of phenolic OH excluding ortho intramolecular Hbond substituents is 6. The number of aromatic hydroxyl groups is 7. The SMILES string of the molecule is C[C@H]1O[C@@H](OC[C@H]2O[C@@H](OC3=Cc4c(O)cc(O)cc4[OH+]C3c3ccc(O)c(O)c3)[C@H](O)[C@@H](O)[C@@H]2O)[C@H](O)[C@@H](O)[C@H]1OC(=O)/C=C/c1ccc(O)c(O)c1. The number of benzene rings is 3. The summed E-state index contributed by atoms with van der Waals surface area (Å²) in [7, 11) is 0. The average molecular weight is 760 g/mol. The van der Waals surface area contributed by atoms with E-state index in [9.17, 15) is 61.0 Å². The van der Waals surface area contributed by atoms with E-state index in [1.165, 1.54) is 61.5 Å². The summed E-state index contributed by atoms with van der Waals surface area (Å²) in [4.78, 5) is 12.5. The number of carbonyl (C=O) groups excluding carboxylic acids is 1. The molecule has 2 fully saturated rings. The first-order valence-electron chi connectivity index (χ1n) is 16.5. The summed E-state index contributed by atoms with van der Waals surface area (Å²) in [6.45, 7) is 0.839. The Morgan fingerprint density at radius 1 is 0.759 bits per heavy atom. The van der Waals surface area contributed by atoms with E-state index in [1.807, 2.05) is 0 Å². The summed E-state index contributed by atoms with van der Waals surface area (Å²) in [5.74, 6) is -3.21. The molecule has 0 amide bonds. The highest BCUT2D eigenvalue weighted by Crippen LogP contribution is 2.46. The van der Waals surface area contributed by atoms with Crippen LogP contribution in [0.3, 0.4) is 0 Å². The molecule has 3 aromatic rings. The van der Waals surface area contributed by atoms with Gasteiger partial charge in [-0.2, -0.15) is 0 Å². The highest BCUT2D eigenvalue weighted by atomic mass is 16.7. The van der Waals surface area contributed by atoms with Gasteiger partial charge in [0.1, 0.15) is 53.7 Å². The first kappa shape index (κ1) is 38.4. The third kappa shape index (κ3) is 7.96. The van der Waals surface area contributed by atoms with Crippen LogP contribution in [0.15, 0.2) is 60.4 Å². The Morgan fingerprint density at radius 3 is 2.15 bits per heavy atom. The van der Waals surface area contributed by atoms with Crippen LogP contribution in [0.2, 0.25) is 0 Å². The van der Waals surface area contributed by atoms with Gasteiger partial charge in [-0.3, -0.25) is 0 Å². The van der Waals surface area contributed by atoms with Gasteiger partial charge in [0.25, 0.3) is 11.9 Å². The Morgan fingerprint density at radius 2 is 1.44 bits per heavy atom. The third-order valence-corrected chi connectivity index (χ3v) is 9.05. The van der Waals surface area contributed by atoms with Crippen LogP contribution in [0.25, 0.3) is 12.2 Å². The fourth-order valence-electron chi connectivity index (χ4n) is 6.10. The van der Waals surface area contributed by atoms with Crippen molar-refractivity contribution in [1.82, 2.24) is 0 Å². The molecule has 290 valence electrons. The fourth-order valence-corrected chi connectivity index (χ4v) is 6.10. The van der Waals surface area contributed by atoms with Gasteiger partial charge in [-0.05, 0) is 48.9 Å². The van der Waals surface area contributed by atoms with E-state index in [2.05, 4.69) is 4.74 Å². The lowest BCUT2D eigenvalue weighted by Crippen LogP contribution is -2.61. The molecular weight excluding hydrogens is 720 g/mol. The zero-order chi connectivity index (χ0) is 39.0. The summed E-state index contributed by atoms with van der Waals surface area (Å²) in [6.07, 6.45) is -13.6. The molecule has 2 saturated heterocycles. The normalized spacial score (nSPS) is 30.9. The van der Waals surface area contributed by atoms with Crippen molar-refractivity contribution in [2.75, 3.05) is 6.61 Å². The number of carbonyl (C=O) groups is 1. The van der Waals surface area contributed by atoms with Crippen molar-refractivity contribution in [2.45, 2.75) is 74.4 Å². The molecule has 3 aliphatic heterocycles. The van der Waals surface area contributed by atoms with Crippen molar-refractivity contribution in [2.24, 2.45) is 0 Å². The molecule has 0 saturated carbocycles. The van der Waals surface area contributed by atoms with Crippen molar-refractivity contribution in [3.63, 3.8) is 0 Å². The first-order valence-corrected chi connectivity index (χ1v) is 16.5. The van der Waals surface area contributed by atoms with Gasteiger partial charge in [0.15, 0.2) is 41.2 Å². The molecule has 0 aromatic heterocycles. The summed E-state index contributed by atoms with van der Waals surface area (Å²) in [5, 5.41) is 114. The molecule has 54 heavy (non-hydrogen) atoms. The molecule has 3 aromatic carbocycles. The quantitative estimate of drug-likeness (QED) is 0.0601. The van der Waals surface area contributed by atoms with Crippen LogP contribution in [0.4, 0.5) is 0 Å². The van der Waals surface area contributed by atoms with E-state index >= 15 is 0 Å². The number of ether oxygens (including phenoxy) is 6. The third-order valence-electron chi connectivity index (χ3n) is 9.05. The van der Waals surface area contributed by atoms with Crippen LogP contribution < -0.4 is 0 Å². The first-order chi connectivity index (χ1) is 25.6. The van der Waals surface area contributed by atoms with Gasteiger partial charge >= 0.3 is 5.97 Å². The standard InChI is InChI=1S/C36H38O18/c1-14-33(54-27(43)7-3-15-2-5-19(38)22(41)8-15)30(46)32(48)35(50-14)49-13-26-28(44)29(45)31(47)36(53-26)52-25-12-18-21(40)10-17(37)11-24(18)51-34(25)16-4-6-20(39)23(42)9-16/h2-12,14,26,28-42,44-48H,13H2,1H3/p+1/b7-3+/t14-,26-,28-,29+,30-,31-,32-,33+,34?,35-,36-/m1/s1. The second-order valence-electron chi connectivity index (χ2n) is 12.9. The molecule has 1 unspecified atom stereocenters. The summed E-state index contributed by atoms with van der Waals surface area (Å²) < 4.78 is 32.9. The number of fused-ring (bicyclic) bond motifs is 1. The smallest absolute Gasteiger partial charge is 0.331 e. The molecule has 12 N–H and O–H groups in total. The molecule has 0 spiro atoms. The topological polar surface area (TPSA) is 299 Å². The Bertz CT molecular complexity index is 1910. The van der Waals surface area contributed by atoms with Gasteiger partial charge in [0.2, 0.25) is 6.29 Å². The van der Waals surface area contributed by atoms with Crippen molar-refractivity contribution in [3.8, 4) is 40.2 Å². The monoisotopic (exact) mass is 759 g/mol. The van der Waals surface area contributed by atoms with E-state index in [0.29, 0.717) is 5.56 Å². The van der Waals surface area contributed by atoms with Crippen LogP contribution in [0.5, 0.6) is 40.2 Å². The maximum Gasteiger partial charge on any atom is 0.331 e. The van der Waals surface area contributed by atoms with Gasteiger partial charge in [-0.1, -0.05) is 6.07 Å². The fraction of sp³-hybridized carbons (Fsp3) is 0.361. The minimum atomic E-state index is -1.86. The molecule has 11 atom stereocenters. The lowest BCUT2D eigenvalue weighted by Gasteiger charge is -2.43. The van der Waals surface area contributed by atoms with Crippen LogP contribution in [0, 0.1) is 0 Å². The highest BCUT2D eigenvalue weighted by molar-refractivity contribution is 5.87. The van der Waals surface area contributed by atoms with Crippen LogP contribution in [-0.4, -0.2) is 135 Å². The van der Waals surface area contributed by atoms with Gasteiger partial charge < -0.3 is 84.6 Å². The zero-order valence-corrected chi connectivity index (χ0v) is 28.2. The Balaban J connectivity index is 1.13. The lowest BCUT2D eigenvalue weighted by atomic mass is 9.98. The number of rotatable bonds is 9. The van der Waals surface area contributed by atoms with Crippen LogP contribution >= 0.6 is 0 Å². The molecule has 6 rings (SSSR count). The minimum Gasteiger partial charge on any atom is -0.571 e. The molecule has 3 heterocycles. The Kier molecular flexibility index (Phi) is 11.1. The summed E-state index contributed by atoms with van der Waals surface area (Å²) in [5.41, 5.74) is 0.737. The predicted octanol–water partition coefficient (Wildman–Crippen LogP) is 0.190. The van der Waals surface area contributed by atoms with Crippen molar-refractivity contribution in [3.05, 3.63) is 77.1 Å². The molecule has 18 heteroatoms. The second kappa shape index (κ2) is 15.6. The molecule has 18 nitrogen and oxygen atoms in total. The second-order valence-corrected chi connectivity index (χ2v) is 12.9. The van der Waals surface area contributed by atoms with E-state index < -0.39 is 97.3 Å². The molecule has 3 aliphatic rings. The minimum absolute atomic E-state index is 0.0829. The molecular formula is C36H39O18+. The van der Waals surface area contributed by atoms with Crippen LogP contribution in [0.1, 0.15) is 29.7 Å².